The highest BCUT2D eigenvalue weighted by molar-refractivity contribution is 7.71. The molecule has 0 saturated heterocycles. The molecule has 1 N–H and O–H groups in total. The summed E-state index contributed by atoms with van der Waals surface area (Å²) >= 11 is 5.21. The molecule has 0 bridgehead atoms. The molecule has 0 saturated carbocycles. The van der Waals surface area contributed by atoms with Gasteiger partial charge in [0.2, 0.25) is 0 Å². The van der Waals surface area contributed by atoms with Crippen LogP contribution in [0.5, 0.6) is 0 Å². The van der Waals surface area contributed by atoms with E-state index in [9.17, 15) is 4.39 Å². The van der Waals surface area contributed by atoms with Crippen molar-refractivity contribution >= 4 is 12.2 Å². The highest BCUT2D eigenvalue weighted by Crippen LogP contribution is 2.24. The predicted molar refractivity (Wildman–Crippen MR) is 78.3 cm³/mol. The van der Waals surface area contributed by atoms with Crippen LogP contribution in [0.1, 0.15) is 32.0 Å². The number of halogens is 1. The maximum absolute atomic E-state index is 13.3. The Hall–Kier alpha value is -1.55. The van der Waals surface area contributed by atoms with Gasteiger partial charge in [-0.1, -0.05) is 33.0 Å². The summed E-state index contributed by atoms with van der Waals surface area (Å²) in [6.45, 7) is 8.05. The second kappa shape index (κ2) is 4.85. The lowest BCUT2D eigenvalue weighted by molar-refractivity contribution is 0.567. The first-order valence-electron chi connectivity index (χ1n) is 6.16. The van der Waals surface area contributed by atoms with Crippen LogP contribution in [0.4, 0.5) is 4.39 Å². The Morgan fingerprint density at radius 1 is 1.21 bits per heavy atom. The van der Waals surface area contributed by atoms with Gasteiger partial charge in [0.05, 0.1) is 0 Å². The third-order valence-electron chi connectivity index (χ3n) is 2.98. The lowest BCUT2D eigenvalue weighted by atomic mass is 9.92. The Labute approximate surface area is 117 Å². The van der Waals surface area contributed by atoms with E-state index < -0.39 is 0 Å². The number of hydrogen-bond donors (Lipinski definition) is 1. The second-order valence-electron chi connectivity index (χ2n) is 5.70. The first-order valence-corrected chi connectivity index (χ1v) is 6.56. The van der Waals surface area contributed by atoms with Crippen LogP contribution in [0, 0.1) is 17.4 Å². The molecule has 0 aliphatic heterocycles. The molecular weight excluding hydrogens is 259 g/mol. The van der Waals surface area contributed by atoms with Crippen molar-refractivity contribution in [1.82, 2.24) is 9.97 Å². The quantitative estimate of drug-likeness (QED) is 0.774. The van der Waals surface area contributed by atoms with E-state index in [0.29, 0.717) is 16.0 Å². The molecule has 1 aromatic heterocycles. The molecule has 2 aromatic rings. The van der Waals surface area contributed by atoms with Gasteiger partial charge in [-0.15, -0.1) is 0 Å². The fourth-order valence-corrected chi connectivity index (χ4v) is 2.00. The fraction of sp³-hybridized carbons (Fsp3) is 0.333. The molecule has 0 amide bonds. The van der Waals surface area contributed by atoms with E-state index in [1.54, 1.807) is 19.1 Å². The highest BCUT2D eigenvalue weighted by Gasteiger charge is 2.16. The van der Waals surface area contributed by atoms with Crippen molar-refractivity contribution in [1.29, 1.82) is 0 Å². The maximum atomic E-state index is 13.3. The van der Waals surface area contributed by atoms with Crippen LogP contribution in [0.15, 0.2) is 24.3 Å². The Bertz CT molecular complexity index is 669. The zero-order valence-electron chi connectivity index (χ0n) is 11.5. The summed E-state index contributed by atoms with van der Waals surface area (Å²) in [5, 5.41) is 0. The summed E-state index contributed by atoms with van der Waals surface area (Å²) in [5.41, 5.74) is 2.42. The van der Waals surface area contributed by atoms with E-state index in [4.69, 9.17) is 12.2 Å². The van der Waals surface area contributed by atoms with E-state index in [2.05, 4.69) is 30.7 Å². The number of aromatic amines is 1. The maximum Gasteiger partial charge on any atom is 0.139 e. The molecule has 0 radical (unpaired) electrons. The number of rotatable bonds is 1. The molecule has 2 nitrogen and oxygen atoms in total. The van der Waals surface area contributed by atoms with Crippen LogP contribution in [-0.2, 0) is 5.41 Å². The minimum Gasteiger partial charge on any atom is -0.343 e. The second-order valence-corrected chi connectivity index (χ2v) is 6.11. The summed E-state index contributed by atoms with van der Waals surface area (Å²) in [6.07, 6.45) is 0. The van der Waals surface area contributed by atoms with Gasteiger partial charge in [-0.05, 0) is 36.8 Å². The third-order valence-corrected chi connectivity index (χ3v) is 3.19. The average molecular weight is 276 g/mol. The topological polar surface area (TPSA) is 28.7 Å². The summed E-state index contributed by atoms with van der Waals surface area (Å²) in [7, 11) is 0. The number of nitrogens with one attached hydrogen (secondary N) is 1. The number of aryl methyl sites for hydroxylation is 1. The third kappa shape index (κ3) is 3.07. The minimum absolute atomic E-state index is 0.0413. The molecule has 0 fully saturated rings. The molecule has 0 aliphatic rings. The standard InChI is InChI=1S/C15H17FN2S/c1-9-7-10(5-6-11(9)16)14-17-12(15(2,3)4)8-13(19)18-14/h5-8H,1-4H3,(H,17,18,19). The molecule has 0 atom stereocenters. The Kier molecular flexibility index (Phi) is 3.54. The van der Waals surface area contributed by atoms with Crippen LogP contribution in [0.25, 0.3) is 11.4 Å². The van der Waals surface area contributed by atoms with Crippen LogP contribution in [-0.4, -0.2) is 9.97 Å². The van der Waals surface area contributed by atoms with Crippen molar-refractivity contribution in [2.24, 2.45) is 0 Å². The summed E-state index contributed by atoms with van der Waals surface area (Å²) in [6, 6.07) is 6.81. The molecule has 2 rings (SSSR count). The van der Waals surface area contributed by atoms with Gasteiger partial charge in [-0.2, -0.15) is 0 Å². The van der Waals surface area contributed by atoms with Gasteiger partial charge in [0.1, 0.15) is 16.3 Å². The van der Waals surface area contributed by atoms with E-state index in [0.717, 1.165) is 11.3 Å². The van der Waals surface area contributed by atoms with Gasteiger partial charge in [-0.3, -0.25) is 0 Å². The molecule has 19 heavy (non-hydrogen) atoms. The van der Waals surface area contributed by atoms with Gasteiger partial charge in [0, 0.05) is 16.7 Å². The summed E-state index contributed by atoms with van der Waals surface area (Å²) in [4.78, 5) is 7.61. The van der Waals surface area contributed by atoms with Crippen LogP contribution >= 0.6 is 12.2 Å². The molecule has 4 heteroatoms. The van der Waals surface area contributed by atoms with Gasteiger partial charge in [0.15, 0.2) is 0 Å². The van der Waals surface area contributed by atoms with Gasteiger partial charge in [-0.25, -0.2) is 9.37 Å². The minimum atomic E-state index is -0.214. The average Bonchev–Trinajstić information content (AvgIpc) is 2.31. The number of hydrogen-bond acceptors (Lipinski definition) is 2. The molecule has 1 aromatic carbocycles. The molecular formula is C15H17FN2S. The van der Waals surface area contributed by atoms with E-state index in [1.165, 1.54) is 6.07 Å². The summed E-state index contributed by atoms with van der Waals surface area (Å²) in [5.74, 6) is 0.467. The predicted octanol–water partition coefficient (Wildman–Crippen LogP) is 4.55. The van der Waals surface area contributed by atoms with Gasteiger partial charge < -0.3 is 4.98 Å². The summed E-state index contributed by atoms with van der Waals surface area (Å²) < 4.78 is 13.9. The zero-order chi connectivity index (χ0) is 14.2. The van der Waals surface area contributed by atoms with Crippen molar-refractivity contribution in [2.45, 2.75) is 33.1 Å². The fourth-order valence-electron chi connectivity index (χ4n) is 1.79. The molecule has 0 unspecified atom stereocenters. The van der Waals surface area contributed by atoms with Crippen LogP contribution in [0.3, 0.4) is 0 Å². The number of nitrogens with zero attached hydrogens (tertiary/aromatic N) is 1. The Morgan fingerprint density at radius 3 is 2.47 bits per heavy atom. The lowest BCUT2D eigenvalue weighted by Crippen LogP contribution is -2.14. The SMILES string of the molecule is Cc1cc(-c2nc(=S)cc(C(C)(C)C)[nH]2)ccc1F. The van der Waals surface area contributed by atoms with Crippen molar-refractivity contribution in [2.75, 3.05) is 0 Å². The lowest BCUT2D eigenvalue weighted by Gasteiger charge is -2.19. The zero-order valence-corrected chi connectivity index (χ0v) is 12.4. The highest BCUT2D eigenvalue weighted by atomic mass is 32.1. The van der Waals surface area contributed by atoms with Gasteiger partial charge in [0.25, 0.3) is 0 Å². The normalized spacial score (nSPS) is 11.6. The van der Waals surface area contributed by atoms with Crippen molar-refractivity contribution in [3.8, 4) is 11.4 Å². The van der Waals surface area contributed by atoms with E-state index in [1.807, 2.05) is 6.07 Å². The van der Waals surface area contributed by atoms with Crippen molar-refractivity contribution in [3.63, 3.8) is 0 Å². The van der Waals surface area contributed by atoms with E-state index in [-0.39, 0.29) is 11.2 Å². The van der Waals surface area contributed by atoms with Crippen molar-refractivity contribution in [3.05, 3.63) is 46.0 Å². The molecule has 100 valence electrons. The largest absolute Gasteiger partial charge is 0.343 e. The van der Waals surface area contributed by atoms with E-state index >= 15 is 0 Å². The Morgan fingerprint density at radius 2 is 1.89 bits per heavy atom. The van der Waals surface area contributed by atoms with Crippen LogP contribution < -0.4 is 0 Å². The van der Waals surface area contributed by atoms with Crippen LogP contribution in [0.2, 0.25) is 0 Å². The number of H-pyrrole nitrogens is 1. The smallest absolute Gasteiger partial charge is 0.139 e. The molecule has 0 spiro atoms. The monoisotopic (exact) mass is 276 g/mol. The first-order chi connectivity index (χ1) is 8.77. The Balaban J connectivity index is 2.59. The molecule has 0 aliphatic carbocycles. The van der Waals surface area contributed by atoms with Crippen molar-refractivity contribution < 1.29 is 4.39 Å². The van der Waals surface area contributed by atoms with Gasteiger partial charge >= 0.3 is 0 Å². The number of benzene rings is 1. The number of aromatic nitrogens is 2. The molecule has 1 heterocycles. The first kappa shape index (κ1) is 13.9.